The number of aryl methyl sites for hydroxylation is 2. The fourth-order valence-corrected chi connectivity index (χ4v) is 2.37. The number of anilines is 1. The van der Waals surface area contributed by atoms with Crippen LogP contribution in [-0.4, -0.2) is 19.7 Å². The topological polar surface area (TPSA) is 58.5 Å². The minimum absolute atomic E-state index is 0.763. The minimum Gasteiger partial charge on any atom is -0.378 e. The highest BCUT2D eigenvalue weighted by atomic mass is 15.3. The summed E-state index contributed by atoms with van der Waals surface area (Å²) in [6, 6.07) is 4.04. The third-order valence-corrected chi connectivity index (χ3v) is 3.50. The van der Waals surface area contributed by atoms with Gasteiger partial charge in [-0.3, -0.25) is 4.68 Å². The number of hydrogen-bond acceptors (Lipinski definition) is 3. The summed E-state index contributed by atoms with van der Waals surface area (Å²) in [4.78, 5) is 7.48. The van der Waals surface area contributed by atoms with Gasteiger partial charge in [0.1, 0.15) is 5.65 Å². The molecule has 5 heteroatoms. The average molecular weight is 255 g/mol. The summed E-state index contributed by atoms with van der Waals surface area (Å²) < 4.78 is 1.90. The van der Waals surface area contributed by atoms with Crippen molar-refractivity contribution < 1.29 is 0 Å². The van der Waals surface area contributed by atoms with Crippen LogP contribution in [0, 0.1) is 13.8 Å². The number of nitrogens with one attached hydrogen (secondary N) is 2. The zero-order valence-corrected chi connectivity index (χ0v) is 11.4. The van der Waals surface area contributed by atoms with E-state index in [2.05, 4.69) is 33.4 Å². The lowest BCUT2D eigenvalue weighted by Crippen LogP contribution is -2.01. The van der Waals surface area contributed by atoms with Gasteiger partial charge in [-0.05, 0) is 31.5 Å². The number of rotatable bonds is 3. The fourth-order valence-electron chi connectivity index (χ4n) is 2.37. The van der Waals surface area contributed by atoms with Gasteiger partial charge in [0.25, 0.3) is 0 Å². The summed E-state index contributed by atoms with van der Waals surface area (Å²) in [5, 5.41) is 9.03. The van der Waals surface area contributed by atoms with E-state index in [0.29, 0.717) is 0 Å². The molecule has 5 nitrogen and oxygen atoms in total. The molecule has 98 valence electrons. The van der Waals surface area contributed by atoms with Crippen molar-refractivity contribution in [1.82, 2.24) is 19.7 Å². The maximum absolute atomic E-state index is 4.41. The zero-order valence-electron chi connectivity index (χ0n) is 11.4. The van der Waals surface area contributed by atoms with Crippen molar-refractivity contribution in [1.29, 1.82) is 0 Å². The van der Waals surface area contributed by atoms with E-state index < -0.39 is 0 Å². The molecule has 3 aromatic heterocycles. The monoisotopic (exact) mass is 255 g/mol. The van der Waals surface area contributed by atoms with Crippen LogP contribution >= 0.6 is 0 Å². The first-order chi connectivity index (χ1) is 9.16. The van der Waals surface area contributed by atoms with Gasteiger partial charge in [-0.25, -0.2) is 4.98 Å². The lowest BCUT2D eigenvalue weighted by Gasteiger charge is -2.06. The summed E-state index contributed by atoms with van der Waals surface area (Å²) >= 11 is 0. The molecule has 0 spiro atoms. The Labute approximate surface area is 111 Å². The van der Waals surface area contributed by atoms with Crippen molar-refractivity contribution in [3.05, 3.63) is 41.5 Å². The lowest BCUT2D eigenvalue weighted by atomic mass is 10.2. The van der Waals surface area contributed by atoms with E-state index in [9.17, 15) is 0 Å². The lowest BCUT2D eigenvalue weighted by molar-refractivity contribution is 0.731. The first kappa shape index (κ1) is 11.8. The number of fused-ring (bicyclic) bond motifs is 1. The summed E-state index contributed by atoms with van der Waals surface area (Å²) in [7, 11) is 1.96. The SMILES string of the molecule is Cc1nn(C)c(C)c1NCc1c[nH]c2ncccc12. The summed E-state index contributed by atoms with van der Waals surface area (Å²) in [5.74, 6) is 0. The molecule has 0 aliphatic carbocycles. The highest BCUT2D eigenvalue weighted by molar-refractivity contribution is 5.79. The Hall–Kier alpha value is -2.30. The molecule has 0 saturated carbocycles. The third-order valence-electron chi connectivity index (χ3n) is 3.50. The Morgan fingerprint density at radius 3 is 2.95 bits per heavy atom. The molecule has 0 atom stereocenters. The second-order valence-corrected chi connectivity index (χ2v) is 4.74. The average Bonchev–Trinajstić information content (AvgIpc) is 2.91. The zero-order chi connectivity index (χ0) is 13.4. The second-order valence-electron chi connectivity index (χ2n) is 4.74. The second kappa shape index (κ2) is 4.42. The smallest absolute Gasteiger partial charge is 0.137 e. The van der Waals surface area contributed by atoms with Gasteiger partial charge < -0.3 is 10.3 Å². The molecule has 19 heavy (non-hydrogen) atoms. The van der Waals surface area contributed by atoms with Crippen molar-refractivity contribution in [3.63, 3.8) is 0 Å². The molecule has 0 aromatic carbocycles. The summed E-state index contributed by atoms with van der Waals surface area (Å²) in [6.45, 7) is 4.85. The van der Waals surface area contributed by atoms with E-state index in [1.54, 1.807) is 6.20 Å². The van der Waals surface area contributed by atoms with Crippen molar-refractivity contribution in [3.8, 4) is 0 Å². The standard InChI is InChI=1S/C14H17N5/c1-9-13(10(2)19(3)18-9)16-7-11-8-17-14-12(11)5-4-6-15-14/h4-6,8,16H,7H2,1-3H3,(H,15,17). The molecule has 0 aliphatic heterocycles. The molecule has 3 rings (SSSR count). The maximum Gasteiger partial charge on any atom is 0.137 e. The quantitative estimate of drug-likeness (QED) is 0.756. The Balaban J connectivity index is 1.86. The molecule has 0 aliphatic rings. The van der Waals surface area contributed by atoms with Crippen LogP contribution in [-0.2, 0) is 13.6 Å². The van der Waals surface area contributed by atoms with Crippen LogP contribution in [0.2, 0.25) is 0 Å². The van der Waals surface area contributed by atoms with E-state index in [1.165, 1.54) is 5.56 Å². The van der Waals surface area contributed by atoms with E-state index >= 15 is 0 Å². The van der Waals surface area contributed by atoms with Crippen molar-refractivity contribution >= 4 is 16.7 Å². The van der Waals surface area contributed by atoms with Crippen LogP contribution in [0.25, 0.3) is 11.0 Å². The molecule has 0 amide bonds. The predicted molar refractivity (Wildman–Crippen MR) is 76.1 cm³/mol. The molecule has 0 saturated heterocycles. The highest BCUT2D eigenvalue weighted by Crippen LogP contribution is 2.21. The molecule has 3 heterocycles. The molecule has 0 radical (unpaired) electrons. The van der Waals surface area contributed by atoms with Crippen molar-refractivity contribution in [2.75, 3.05) is 5.32 Å². The fraction of sp³-hybridized carbons (Fsp3) is 0.286. The predicted octanol–water partition coefficient (Wildman–Crippen LogP) is 2.53. The Morgan fingerprint density at radius 2 is 2.21 bits per heavy atom. The van der Waals surface area contributed by atoms with Gasteiger partial charge in [0.15, 0.2) is 0 Å². The van der Waals surface area contributed by atoms with Gasteiger partial charge in [0, 0.05) is 31.4 Å². The first-order valence-electron chi connectivity index (χ1n) is 6.32. The van der Waals surface area contributed by atoms with Crippen molar-refractivity contribution in [2.45, 2.75) is 20.4 Å². The number of nitrogens with zero attached hydrogens (tertiary/aromatic N) is 3. The van der Waals surface area contributed by atoms with Gasteiger partial charge in [-0.15, -0.1) is 0 Å². The summed E-state index contributed by atoms with van der Waals surface area (Å²) in [5.41, 5.74) is 5.43. The first-order valence-corrected chi connectivity index (χ1v) is 6.32. The van der Waals surface area contributed by atoms with E-state index in [0.717, 1.165) is 34.7 Å². The van der Waals surface area contributed by atoms with Crippen LogP contribution in [0.3, 0.4) is 0 Å². The molecule has 2 N–H and O–H groups in total. The van der Waals surface area contributed by atoms with E-state index in [-0.39, 0.29) is 0 Å². The van der Waals surface area contributed by atoms with Gasteiger partial charge in [-0.1, -0.05) is 0 Å². The Morgan fingerprint density at radius 1 is 1.37 bits per heavy atom. The molecule has 0 fully saturated rings. The minimum atomic E-state index is 0.763. The van der Waals surface area contributed by atoms with Crippen LogP contribution in [0.5, 0.6) is 0 Å². The van der Waals surface area contributed by atoms with Gasteiger partial charge in [0.2, 0.25) is 0 Å². The molecule has 0 bridgehead atoms. The largest absolute Gasteiger partial charge is 0.378 e. The molecular weight excluding hydrogens is 238 g/mol. The van der Waals surface area contributed by atoms with Crippen LogP contribution in [0.15, 0.2) is 24.5 Å². The van der Waals surface area contributed by atoms with E-state index in [1.807, 2.05) is 30.9 Å². The van der Waals surface area contributed by atoms with Crippen LogP contribution in [0.1, 0.15) is 17.0 Å². The summed E-state index contributed by atoms with van der Waals surface area (Å²) in [6.07, 6.45) is 3.80. The van der Waals surface area contributed by atoms with Crippen LogP contribution in [0.4, 0.5) is 5.69 Å². The number of aromatic amines is 1. The van der Waals surface area contributed by atoms with E-state index in [4.69, 9.17) is 0 Å². The Bertz CT molecular complexity index is 723. The maximum atomic E-state index is 4.41. The van der Waals surface area contributed by atoms with Gasteiger partial charge in [-0.2, -0.15) is 5.10 Å². The Kier molecular flexibility index (Phi) is 2.74. The van der Waals surface area contributed by atoms with Gasteiger partial charge >= 0.3 is 0 Å². The number of aromatic nitrogens is 4. The normalized spacial score (nSPS) is 11.1. The molecule has 3 aromatic rings. The highest BCUT2D eigenvalue weighted by Gasteiger charge is 2.10. The number of hydrogen-bond donors (Lipinski definition) is 2. The van der Waals surface area contributed by atoms with Crippen LogP contribution < -0.4 is 5.32 Å². The number of H-pyrrole nitrogens is 1. The third kappa shape index (κ3) is 1.97. The van der Waals surface area contributed by atoms with Crippen molar-refractivity contribution in [2.24, 2.45) is 7.05 Å². The molecular formula is C14H17N5. The number of pyridine rings is 1. The van der Waals surface area contributed by atoms with Gasteiger partial charge in [0.05, 0.1) is 17.1 Å². The molecule has 0 unspecified atom stereocenters.